The highest BCUT2D eigenvalue weighted by Gasteiger charge is 2.15. The Kier molecular flexibility index (Phi) is 3.20. The molecule has 2 rings (SSSR count). The van der Waals surface area contributed by atoms with Crippen LogP contribution in [0.5, 0.6) is 0 Å². The second-order valence-electron chi connectivity index (χ2n) is 3.19. The van der Waals surface area contributed by atoms with Crippen molar-refractivity contribution in [3.05, 3.63) is 45.5 Å². The van der Waals surface area contributed by atoms with E-state index >= 15 is 0 Å². The average Bonchev–Trinajstić information content (AvgIpc) is 2.78. The molecule has 0 fully saturated rings. The summed E-state index contributed by atoms with van der Waals surface area (Å²) in [7, 11) is 0. The Hall–Kier alpha value is -2.48. The summed E-state index contributed by atoms with van der Waals surface area (Å²) in [6, 6.07) is 2.57. The molecule has 2 N–H and O–H groups in total. The summed E-state index contributed by atoms with van der Waals surface area (Å²) >= 11 is 5.62. The molecule has 0 aliphatic rings. The fourth-order valence-electron chi connectivity index (χ4n) is 1.19. The van der Waals surface area contributed by atoms with Gasteiger partial charge in [-0.2, -0.15) is 0 Å². The maximum absolute atomic E-state index is 11.7. The molecule has 92 valence electrons. The van der Waals surface area contributed by atoms with Crippen LogP contribution >= 0.6 is 11.6 Å². The molecular formula is C9H6ClN5O3. The molecule has 0 aliphatic carbocycles. The number of nitro groups is 1. The fourth-order valence-corrected chi connectivity index (χ4v) is 1.32. The Morgan fingerprint density at radius 2 is 2.33 bits per heavy atom. The summed E-state index contributed by atoms with van der Waals surface area (Å²) in [6.07, 6.45) is 2.50. The van der Waals surface area contributed by atoms with Crippen molar-refractivity contribution in [1.29, 1.82) is 0 Å². The van der Waals surface area contributed by atoms with Crippen LogP contribution in [0.3, 0.4) is 0 Å². The molecule has 0 spiro atoms. The zero-order valence-corrected chi connectivity index (χ0v) is 9.51. The van der Waals surface area contributed by atoms with Crippen LogP contribution < -0.4 is 5.32 Å². The van der Waals surface area contributed by atoms with Crippen molar-refractivity contribution < 1.29 is 9.72 Å². The van der Waals surface area contributed by atoms with Gasteiger partial charge in [0.05, 0.1) is 11.1 Å². The van der Waals surface area contributed by atoms with E-state index in [1.165, 1.54) is 12.3 Å². The Balaban J connectivity index is 2.14. The van der Waals surface area contributed by atoms with E-state index in [4.69, 9.17) is 11.6 Å². The monoisotopic (exact) mass is 267 g/mol. The average molecular weight is 268 g/mol. The normalized spacial score (nSPS) is 10.1. The SMILES string of the molecule is O=C(Nc1nccc(Cl)n1)c1cc([N+](=O)[O-])c[nH]1. The number of amides is 1. The predicted molar refractivity (Wildman–Crippen MR) is 62.4 cm³/mol. The largest absolute Gasteiger partial charge is 0.351 e. The molecule has 0 aliphatic heterocycles. The van der Waals surface area contributed by atoms with Crippen LogP contribution in [0.15, 0.2) is 24.5 Å². The maximum Gasteiger partial charge on any atom is 0.287 e. The minimum atomic E-state index is -0.608. The van der Waals surface area contributed by atoms with Crippen molar-refractivity contribution in [3.8, 4) is 0 Å². The molecule has 0 atom stereocenters. The molecule has 8 nitrogen and oxygen atoms in total. The first-order valence-corrected chi connectivity index (χ1v) is 5.07. The number of rotatable bonds is 3. The Morgan fingerprint density at radius 3 is 2.94 bits per heavy atom. The van der Waals surface area contributed by atoms with Crippen molar-refractivity contribution in [1.82, 2.24) is 15.0 Å². The van der Waals surface area contributed by atoms with Crippen LogP contribution in [0.1, 0.15) is 10.5 Å². The highest BCUT2D eigenvalue weighted by Crippen LogP contribution is 2.13. The van der Waals surface area contributed by atoms with Gasteiger partial charge >= 0.3 is 0 Å². The Bertz CT molecular complexity index is 612. The molecule has 1 amide bonds. The van der Waals surface area contributed by atoms with E-state index in [-0.39, 0.29) is 22.5 Å². The zero-order valence-electron chi connectivity index (χ0n) is 8.75. The van der Waals surface area contributed by atoms with Crippen molar-refractivity contribution in [3.63, 3.8) is 0 Å². The lowest BCUT2D eigenvalue weighted by molar-refractivity contribution is -0.384. The van der Waals surface area contributed by atoms with Crippen molar-refractivity contribution in [2.45, 2.75) is 0 Å². The van der Waals surface area contributed by atoms with E-state index in [9.17, 15) is 14.9 Å². The van der Waals surface area contributed by atoms with E-state index in [0.717, 1.165) is 12.3 Å². The summed E-state index contributed by atoms with van der Waals surface area (Å²) < 4.78 is 0. The standard InChI is InChI=1S/C9H6ClN5O3/c10-7-1-2-11-9(13-7)14-8(16)6-3-5(4-12-6)15(17)18/h1-4,12H,(H,11,13,14,16). The number of H-pyrrole nitrogens is 1. The van der Waals surface area contributed by atoms with Crippen LogP contribution in [0, 0.1) is 10.1 Å². The molecule has 18 heavy (non-hydrogen) atoms. The second-order valence-corrected chi connectivity index (χ2v) is 3.57. The quantitative estimate of drug-likeness (QED) is 0.498. The minimum Gasteiger partial charge on any atom is -0.351 e. The lowest BCUT2D eigenvalue weighted by Gasteiger charge is -2.00. The van der Waals surface area contributed by atoms with Gasteiger partial charge in [-0.25, -0.2) is 9.97 Å². The van der Waals surface area contributed by atoms with Gasteiger partial charge in [0.25, 0.3) is 11.6 Å². The number of hydrogen-bond acceptors (Lipinski definition) is 5. The number of carbonyl (C=O) groups is 1. The van der Waals surface area contributed by atoms with Gasteiger partial charge in [0, 0.05) is 12.3 Å². The van der Waals surface area contributed by atoms with Gasteiger partial charge in [-0.3, -0.25) is 20.2 Å². The van der Waals surface area contributed by atoms with Gasteiger partial charge in [0.1, 0.15) is 10.8 Å². The predicted octanol–water partition coefficient (Wildman–Crippen LogP) is 1.62. The molecule has 0 unspecified atom stereocenters. The van der Waals surface area contributed by atoms with E-state index in [2.05, 4.69) is 20.3 Å². The topological polar surface area (TPSA) is 114 Å². The van der Waals surface area contributed by atoms with Crippen LogP contribution in [-0.2, 0) is 0 Å². The molecule has 2 aromatic heterocycles. The number of nitrogens with zero attached hydrogens (tertiary/aromatic N) is 3. The number of anilines is 1. The lowest BCUT2D eigenvalue weighted by atomic mass is 10.4. The van der Waals surface area contributed by atoms with Gasteiger partial charge in [-0.05, 0) is 6.07 Å². The third-order valence-electron chi connectivity index (χ3n) is 1.97. The van der Waals surface area contributed by atoms with Gasteiger partial charge in [-0.1, -0.05) is 11.6 Å². The first-order chi connectivity index (χ1) is 8.56. The molecule has 9 heteroatoms. The van der Waals surface area contributed by atoms with E-state index in [1.54, 1.807) is 0 Å². The maximum atomic E-state index is 11.7. The van der Waals surface area contributed by atoms with Gasteiger partial charge < -0.3 is 4.98 Å². The second kappa shape index (κ2) is 4.80. The number of aromatic amines is 1. The number of nitrogens with one attached hydrogen (secondary N) is 2. The highest BCUT2D eigenvalue weighted by atomic mass is 35.5. The van der Waals surface area contributed by atoms with Crippen molar-refractivity contribution >= 4 is 29.1 Å². The van der Waals surface area contributed by atoms with Crippen LogP contribution in [0.25, 0.3) is 0 Å². The first-order valence-electron chi connectivity index (χ1n) is 4.69. The summed E-state index contributed by atoms with van der Waals surface area (Å²) in [6.45, 7) is 0. The van der Waals surface area contributed by atoms with Crippen molar-refractivity contribution in [2.24, 2.45) is 0 Å². The molecule has 0 saturated carbocycles. The summed E-state index contributed by atoms with van der Waals surface area (Å²) in [4.78, 5) is 31.5. The molecule has 0 bridgehead atoms. The van der Waals surface area contributed by atoms with E-state index < -0.39 is 10.8 Å². The summed E-state index contributed by atoms with van der Waals surface area (Å²) in [5.74, 6) is -0.574. The number of aromatic nitrogens is 3. The van der Waals surface area contributed by atoms with E-state index in [0.29, 0.717) is 0 Å². The minimum absolute atomic E-state index is 0.0183. The van der Waals surface area contributed by atoms with Crippen molar-refractivity contribution in [2.75, 3.05) is 5.32 Å². The van der Waals surface area contributed by atoms with Gasteiger partial charge in [0.2, 0.25) is 5.95 Å². The highest BCUT2D eigenvalue weighted by molar-refractivity contribution is 6.29. The Labute approximate surface area is 105 Å². The van der Waals surface area contributed by atoms with Crippen LogP contribution in [-0.4, -0.2) is 25.8 Å². The number of carbonyl (C=O) groups excluding carboxylic acids is 1. The number of hydrogen-bond donors (Lipinski definition) is 2. The summed E-state index contributed by atoms with van der Waals surface area (Å²) in [5, 5.41) is 13.0. The molecule has 0 radical (unpaired) electrons. The van der Waals surface area contributed by atoms with E-state index in [1.807, 2.05) is 0 Å². The molecule has 2 heterocycles. The lowest BCUT2D eigenvalue weighted by Crippen LogP contribution is -2.14. The number of halogens is 1. The third-order valence-corrected chi connectivity index (χ3v) is 2.18. The Morgan fingerprint density at radius 1 is 1.56 bits per heavy atom. The third kappa shape index (κ3) is 2.61. The smallest absolute Gasteiger partial charge is 0.287 e. The molecular weight excluding hydrogens is 262 g/mol. The molecule has 2 aromatic rings. The van der Waals surface area contributed by atoms with Crippen LogP contribution in [0.4, 0.5) is 11.6 Å². The zero-order chi connectivity index (χ0) is 13.1. The van der Waals surface area contributed by atoms with Crippen LogP contribution in [0.2, 0.25) is 5.15 Å². The summed E-state index contributed by atoms with van der Waals surface area (Å²) in [5.41, 5.74) is -0.169. The first kappa shape index (κ1) is 12.0. The molecule has 0 saturated heterocycles. The van der Waals surface area contributed by atoms with Gasteiger partial charge in [-0.15, -0.1) is 0 Å². The molecule has 0 aromatic carbocycles. The fraction of sp³-hybridized carbons (Fsp3) is 0. The van der Waals surface area contributed by atoms with Gasteiger partial charge in [0.15, 0.2) is 0 Å².